The van der Waals surface area contributed by atoms with Crippen LogP contribution in [0.3, 0.4) is 0 Å². The van der Waals surface area contributed by atoms with Crippen molar-refractivity contribution < 1.29 is 15.3 Å². The number of aliphatic hydroxyl groups excluding tert-OH is 2. The third kappa shape index (κ3) is 3.63. The summed E-state index contributed by atoms with van der Waals surface area (Å²) >= 11 is 0. The zero-order chi connectivity index (χ0) is 9.73. The maximum atomic E-state index is 10.0. The third-order valence-electron chi connectivity index (χ3n) is 2.94. The van der Waals surface area contributed by atoms with E-state index in [4.69, 9.17) is 10.2 Å². The molecular formula is C10H20O3. The molecule has 78 valence electrons. The maximum Gasteiger partial charge on any atom is 0.0772 e. The van der Waals surface area contributed by atoms with Crippen LogP contribution in [0, 0.1) is 0 Å². The molecule has 0 aliphatic heterocycles. The Balaban J connectivity index is 2.24. The summed E-state index contributed by atoms with van der Waals surface area (Å²) in [6.45, 7) is -0.198. The van der Waals surface area contributed by atoms with Crippen LogP contribution in [0.25, 0.3) is 0 Å². The zero-order valence-corrected chi connectivity index (χ0v) is 8.08. The van der Waals surface area contributed by atoms with Crippen molar-refractivity contribution in [1.29, 1.82) is 0 Å². The zero-order valence-electron chi connectivity index (χ0n) is 8.08. The van der Waals surface area contributed by atoms with Crippen LogP contribution in [-0.4, -0.2) is 33.6 Å². The molecule has 0 spiro atoms. The van der Waals surface area contributed by atoms with Crippen LogP contribution in [0.4, 0.5) is 0 Å². The van der Waals surface area contributed by atoms with E-state index in [1.54, 1.807) is 0 Å². The van der Waals surface area contributed by atoms with Crippen LogP contribution in [-0.2, 0) is 0 Å². The third-order valence-corrected chi connectivity index (χ3v) is 2.94. The predicted molar refractivity (Wildman–Crippen MR) is 50.4 cm³/mol. The fourth-order valence-electron chi connectivity index (χ4n) is 1.99. The van der Waals surface area contributed by atoms with Gasteiger partial charge in [0.25, 0.3) is 0 Å². The summed E-state index contributed by atoms with van der Waals surface area (Å²) in [5, 5.41) is 27.8. The van der Waals surface area contributed by atoms with E-state index in [9.17, 15) is 5.11 Å². The highest BCUT2D eigenvalue weighted by Gasteiger charge is 2.29. The number of rotatable bonds is 4. The van der Waals surface area contributed by atoms with E-state index in [0.717, 1.165) is 25.7 Å². The molecule has 0 radical (unpaired) electrons. The average molecular weight is 188 g/mol. The van der Waals surface area contributed by atoms with Crippen LogP contribution in [0.15, 0.2) is 0 Å². The van der Waals surface area contributed by atoms with Gasteiger partial charge < -0.3 is 15.3 Å². The molecule has 0 heterocycles. The number of hydrogen-bond donors (Lipinski definition) is 3. The van der Waals surface area contributed by atoms with E-state index < -0.39 is 11.7 Å². The van der Waals surface area contributed by atoms with Crippen LogP contribution < -0.4 is 0 Å². The molecule has 3 N–H and O–H groups in total. The topological polar surface area (TPSA) is 60.7 Å². The molecule has 13 heavy (non-hydrogen) atoms. The lowest BCUT2D eigenvalue weighted by Gasteiger charge is -2.32. The van der Waals surface area contributed by atoms with Crippen molar-refractivity contribution >= 4 is 0 Å². The highest BCUT2D eigenvalue weighted by molar-refractivity contribution is 4.82. The Morgan fingerprint density at radius 2 is 1.77 bits per heavy atom. The van der Waals surface area contributed by atoms with Crippen molar-refractivity contribution in [2.75, 3.05) is 6.61 Å². The van der Waals surface area contributed by atoms with Crippen LogP contribution >= 0.6 is 0 Å². The van der Waals surface area contributed by atoms with E-state index in [-0.39, 0.29) is 6.61 Å². The molecule has 3 heteroatoms. The first-order valence-corrected chi connectivity index (χ1v) is 5.18. The second-order valence-electron chi connectivity index (χ2n) is 4.16. The lowest BCUT2D eigenvalue weighted by Crippen LogP contribution is -2.32. The lowest BCUT2D eigenvalue weighted by atomic mass is 9.81. The standard InChI is InChI=1S/C10H20O3/c11-8-9(12)4-7-10(13)5-2-1-3-6-10/h9,11-13H,1-8H2/t9-/m0/s1. The fraction of sp³-hybridized carbons (Fsp3) is 1.00. The van der Waals surface area contributed by atoms with E-state index in [1.165, 1.54) is 6.42 Å². The van der Waals surface area contributed by atoms with Gasteiger partial charge in [-0.15, -0.1) is 0 Å². The molecular weight excluding hydrogens is 168 g/mol. The monoisotopic (exact) mass is 188 g/mol. The Hall–Kier alpha value is -0.120. The highest BCUT2D eigenvalue weighted by Crippen LogP contribution is 2.32. The molecule has 0 saturated heterocycles. The molecule has 1 atom stereocenters. The summed E-state index contributed by atoms with van der Waals surface area (Å²) in [4.78, 5) is 0. The van der Waals surface area contributed by atoms with Gasteiger partial charge in [0.05, 0.1) is 18.3 Å². The molecule has 1 aliphatic rings. The van der Waals surface area contributed by atoms with Crippen molar-refractivity contribution in [3.63, 3.8) is 0 Å². The van der Waals surface area contributed by atoms with E-state index in [2.05, 4.69) is 0 Å². The van der Waals surface area contributed by atoms with Gasteiger partial charge in [-0.1, -0.05) is 19.3 Å². The normalized spacial score (nSPS) is 24.2. The second-order valence-corrected chi connectivity index (χ2v) is 4.16. The van der Waals surface area contributed by atoms with Crippen LogP contribution in [0.5, 0.6) is 0 Å². The van der Waals surface area contributed by atoms with Gasteiger partial charge in [0, 0.05) is 0 Å². The van der Waals surface area contributed by atoms with Crippen molar-refractivity contribution in [3.8, 4) is 0 Å². The molecule has 3 nitrogen and oxygen atoms in total. The second kappa shape index (κ2) is 4.94. The number of hydrogen-bond acceptors (Lipinski definition) is 3. The predicted octanol–water partition coefficient (Wildman–Crippen LogP) is 0.815. The highest BCUT2D eigenvalue weighted by atomic mass is 16.3. The van der Waals surface area contributed by atoms with Crippen LogP contribution in [0.2, 0.25) is 0 Å². The Kier molecular flexibility index (Phi) is 4.16. The summed E-state index contributed by atoms with van der Waals surface area (Å²) in [5.41, 5.74) is -0.561. The largest absolute Gasteiger partial charge is 0.394 e. The Labute approximate surface area is 79.4 Å². The van der Waals surface area contributed by atoms with Gasteiger partial charge in [0.15, 0.2) is 0 Å². The van der Waals surface area contributed by atoms with Gasteiger partial charge in [-0.25, -0.2) is 0 Å². The van der Waals surface area contributed by atoms with Crippen molar-refractivity contribution in [2.45, 2.75) is 56.7 Å². The average Bonchev–Trinajstić information content (AvgIpc) is 2.15. The molecule has 0 bridgehead atoms. The summed E-state index contributed by atoms with van der Waals surface area (Å²) in [6, 6.07) is 0. The molecule has 1 rings (SSSR count). The lowest BCUT2D eigenvalue weighted by molar-refractivity contribution is -0.0206. The summed E-state index contributed by atoms with van der Waals surface area (Å²) < 4.78 is 0. The van der Waals surface area contributed by atoms with E-state index in [0.29, 0.717) is 12.8 Å². The van der Waals surface area contributed by atoms with Crippen molar-refractivity contribution in [2.24, 2.45) is 0 Å². The minimum absolute atomic E-state index is 0.198. The first-order chi connectivity index (χ1) is 6.16. The fourth-order valence-corrected chi connectivity index (χ4v) is 1.99. The van der Waals surface area contributed by atoms with E-state index >= 15 is 0 Å². The van der Waals surface area contributed by atoms with Gasteiger partial charge in [-0.3, -0.25) is 0 Å². The minimum Gasteiger partial charge on any atom is -0.394 e. The Morgan fingerprint density at radius 3 is 2.31 bits per heavy atom. The molecule has 0 unspecified atom stereocenters. The van der Waals surface area contributed by atoms with Gasteiger partial charge in [0.1, 0.15) is 0 Å². The molecule has 1 fully saturated rings. The van der Waals surface area contributed by atoms with Gasteiger partial charge in [-0.2, -0.15) is 0 Å². The molecule has 0 aromatic rings. The van der Waals surface area contributed by atoms with Crippen molar-refractivity contribution in [3.05, 3.63) is 0 Å². The minimum atomic E-state index is -0.661. The molecule has 0 aromatic heterocycles. The molecule has 1 aliphatic carbocycles. The number of aliphatic hydroxyl groups is 3. The summed E-state index contributed by atoms with van der Waals surface area (Å²) in [6.07, 6.45) is 5.56. The first-order valence-electron chi connectivity index (χ1n) is 5.18. The molecule has 0 aromatic carbocycles. The molecule has 0 amide bonds. The Morgan fingerprint density at radius 1 is 1.15 bits per heavy atom. The first kappa shape index (κ1) is 11.0. The summed E-state index contributed by atoms with van der Waals surface area (Å²) in [7, 11) is 0. The van der Waals surface area contributed by atoms with Gasteiger partial charge >= 0.3 is 0 Å². The smallest absolute Gasteiger partial charge is 0.0772 e. The van der Waals surface area contributed by atoms with Gasteiger partial charge in [-0.05, 0) is 25.7 Å². The van der Waals surface area contributed by atoms with Crippen molar-refractivity contribution in [1.82, 2.24) is 0 Å². The Bertz CT molecular complexity index is 141. The van der Waals surface area contributed by atoms with Gasteiger partial charge in [0.2, 0.25) is 0 Å². The SMILES string of the molecule is OC[C@@H](O)CCC1(O)CCCCC1. The van der Waals surface area contributed by atoms with Crippen LogP contribution in [0.1, 0.15) is 44.9 Å². The summed E-state index contributed by atoms with van der Waals surface area (Å²) in [5.74, 6) is 0. The maximum absolute atomic E-state index is 10.0. The van der Waals surface area contributed by atoms with E-state index in [1.807, 2.05) is 0 Å². The molecule has 1 saturated carbocycles. The quantitative estimate of drug-likeness (QED) is 0.612.